The number of halogens is 1. The number of hydrogen-bond acceptors (Lipinski definition) is 2. The molecule has 2 heterocycles. The van der Waals surface area contributed by atoms with Crippen molar-refractivity contribution < 1.29 is 4.39 Å². The molecule has 0 saturated heterocycles. The van der Waals surface area contributed by atoms with E-state index in [-0.39, 0.29) is 17.9 Å². The summed E-state index contributed by atoms with van der Waals surface area (Å²) in [5.41, 5.74) is 7.90. The zero-order valence-corrected chi connectivity index (χ0v) is 10.3. The van der Waals surface area contributed by atoms with E-state index in [1.807, 2.05) is 6.20 Å². The topological polar surface area (TPSA) is 43.8 Å². The van der Waals surface area contributed by atoms with Crippen molar-refractivity contribution in [1.29, 1.82) is 0 Å². The van der Waals surface area contributed by atoms with Crippen LogP contribution < -0.4 is 5.73 Å². The third-order valence-electron chi connectivity index (χ3n) is 3.71. The van der Waals surface area contributed by atoms with Gasteiger partial charge in [0.05, 0.1) is 5.69 Å². The van der Waals surface area contributed by atoms with Gasteiger partial charge in [-0.3, -0.25) is 0 Å². The smallest absolute Gasteiger partial charge is 0.123 e. The Hall–Kier alpha value is -1.68. The normalized spacial score (nSPS) is 22.8. The number of aromatic nitrogens is 2. The third kappa shape index (κ3) is 1.82. The second kappa shape index (κ2) is 4.21. The van der Waals surface area contributed by atoms with Gasteiger partial charge in [-0.05, 0) is 37.6 Å². The zero-order chi connectivity index (χ0) is 12.7. The number of rotatable bonds is 1. The summed E-state index contributed by atoms with van der Waals surface area (Å²) in [6, 6.07) is 6.90. The summed E-state index contributed by atoms with van der Waals surface area (Å²) in [7, 11) is 0. The summed E-state index contributed by atoms with van der Waals surface area (Å²) >= 11 is 0. The highest BCUT2D eigenvalue weighted by atomic mass is 19.1. The van der Waals surface area contributed by atoms with Crippen molar-refractivity contribution in [1.82, 2.24) is 9.55 Å². The molecule has 2 atom stereocenters. The molecule has 0 bridgehead atoms. The van der Waals surface area contributed by atoms with Gasteiger partial charge in [-0.25, -0.2) is 9.37 Å². The van der Waals surface area contributed by atoms with Crippen molar-refractivity contribution in [2.24, 2.45) is 5.73 Å². The molecular formula is C14H16FN3. The van der Waals surface area contributed by atoms with Crippen molar-refractivity contribution >= 4 is 0 Å². The van der Waals surface area contributed by atoms with Crippen LogP contribution in [0.1, 0.15) is 25.2 Å². The molecule has 1 aliphatic rings. The molecule has 2 N–H and O–H groups in total. The highest BCUT2D eigenvalue weighted by molar-refractivity contribution is 5.58. The van der Waals surface area contributed by atoms with E-state index in [9.17, 15) is 4.39 Å². The van der Waals surface area contributed by atoms with Crippen LogP contribution in [0.4, 0.5) is 4.39 Å². The molecule has 0 amide bonds. The van der Waals surface area contributed by atoms with E-state index in [0.29, 0.717) is 0 Å². The van der Waals surface area contributed by atoms with Crippen molar-refractivity contribution in [3.63, 3.8) is 0 Å². The number of nitrogens with zero attached hydrogens (tertiary/aromatic N) is 2. The molecule has 3 rings (SSSR count). The molecule has 0 spiro atoms. The van der Waals surface area contributed by atoms with Crippen LogP contribution in [-0.4, -0.2) is 15.6 Å². The Morgan fingerprint density at radius 1 is 1.33 bits per heavy atom. The summed E-state index contributed by atoms with van der Waals surface area (Å²) in [5.74, 6) is 0.849. The van der Waals surface area contributed by atoms with Gasteiger partial charge in [0, 0.05) is 30.3 Å². The molecule has 4 heteroatoms. The SMILES string of the molecule is CC1C(N)CCc2nc(-c3ccc(F)cc3)cn21. The first-order chi connectivity index (χ1) is 8.65. The standard InChI is InChI=1S/C14H16FN3/c1-9-12(16)6-7-14-17-13(8-18(9)14)10-2-4-11(15)5-3-10/h2-5,8-9,12H,6-7,16H2,1H3. The van der Waals surface area contributed by atoms with Crippen LogP contribution in [0.5, 0.6) is 0 Å². The minimum atomic E-state index is -0.224. The van der Waals surface area contributed by atoms with E-state index in [4.69, 9.17) is 5.73 Å². The fraction of sp³-hybridized carbons (Fsp3) is 0.357. The van der Waals surface area contributed by atoms with Crippen molar-refractivity contribution in [3.8, 4) is 11.3 Å². The van der Waals surface area contributed by atoms with Crippen LogP contribution >= 0.6 is 0 Å². The Labute approximate surface area is 105 Å². The monoisotopic (exact) mass is 245 g/mol. The lowest BCUT2D eigenvalue weighted by Crippen LogP contribution is -2.35. The predicted molar refractivity (Wildman–Crippen MR) is 68.6 cm³/mol. The first kappa shape index (κ1) is 11.4. The Bertz CT molecular complexity index is 559. The molecule has 0 fully saturated rings. The molecule has 2 unspecified atom stereocenters. The highest BCUT2D eigenvalue weighted by Gasteiger charge is 2.24. The lowest BCUT2D eigenvalue weighted by molar-refractivity contribution is 0.368. The first-order valence-electron chi connectivity index (χ1n) is 6.24. The summed E-state index contributed by atoms with van der Waals surface area (Å²) in [5, 5.41) is 0. The molecule has 1 aromatic carbocycles. The van der Waals surface area contributed by atoms with Gasteiger partial charge in [0.2, 0.25) is 0 Å². The fourth-order valence-electron chi connectivity index (χ4n) is 2.47. The van der Waals surface area contributed by atoms with Gasteiger partial charge >= 0.3 is 0 Å². The Balaban J connectivity index is 2.00. The highest BCUT2D eigenvalue weighted by Crippen LogP contribution is 2.27. The van der Waals surface area contributed by atoms with Crippen molar-refractivity contribution in [2.45, 2.75) is 31.8 Å². The van der Waals surface area contributed by atoms with E-state index in [2.05, 4.69) is 16.5 Å². The van der Waals surface area contributed by atoms with Gasteiger partial charge < -0.3 is 10.3 Å². The largest absolute Gasteiger partial charge is 0.330 e. The predicted octanol–water partition coefficient (Wildman–Crippen LogP) is 2.52. The number of imidazole rings is 1. The maximum absolute atomic E-state index is 12.9. The van der Waals surface area contributed by atoms with E-state index >= 15 is 0 Å². The zero-order valence-electron chi connectivity index (χ0n) is 10.3. The number of nitrogens with two attached hydrogens (primary N) is 1. The summed E-state index contributed by atoms with van der Waals surface area (Å²) in [6.45, 7) is 2.11. The number of benzene rings is 1. The molecule has 1 aliphatic heterocycles. The van der Waals surface area contributed by atoms with E-state index in [1.54, 1.807) is 12.1 Å². The fourth-order valence-corrected chi connectivity index (χ4v) is 2.47. The number of aryl methyl sites for hydroxylation is 1. The molecule has 2 aromatic rings. The maximum atomic E-state index is 12.9. The minimum absolute atomic E-state index is 0.188. The molecule has 0 saturated carbocycles. The van der Waals surface area contributed by atoms with Crippen LogP contribution in [0, 0.1) is 5.82 Å². The van der Waals surface area contributed by atoms with E-state index in [0.717, 1.165) is 29.9 Å². The summed E-state index contributed by atoms with van der Waals surface area (Å²) in [6.07, 6.45) is 3.90. The summed E-state index contributed by atoms with van der Waals surface area (Å²) in [4.78, 5) is 4.62. The summed E-state index contributed by atoms with van der Waals surface area (Å²) < 4.78 is 15.0. The molecule has 18 heavy (non-hydrogen) atoms. The van der Waals surface area contributed by atoms with Crippen LogP contribution in [0.15, 0.2) is 30.5 Å². The lowest BCUT2D eigenvalue weighted by Gasteiger charge is -2.27. The molecule has 1 aromatic heterocycles. The van der Waals surface area contributed by atoms with Crippen LogP contribution in [0.25, 0.3) is 11.3 Å². The Morgan fingerprint density at radius 3 is 2.78 bits per heavy atom. The number of fused-ring (bicyclic) bond motifs is 1. The van der Waals surface area contributed by atoms with Crippen molar-refractivity contribution in [2.75, 3.05) is 0 Å². The molecule has 0 radical (unpaired) electrons. The van der Waals surface area contributed by atoms with Gasteiger partial charge in [0.15, 0.2) is 0 Å². The average Bonchev–Trinajstić information content (AvgIpc) is 2.80. The third-order valence-corrected chi connectivity index (χ3v) is 3.71. The van der Waals surface area contributed by atoms with Gasteiger partial charge in [-0.2, -0.15) is 0 Å². The van der Waals surface area contributed by atoms with Gasteiger partial charge in [0.25, 0.3) is 0 Å². The molecule has 94 valence electrons. The van der Waals surface area contributed by atoms with Gasteiger partial charge in [0.1, 0.15) is 11.6 Å². The van der Waals surface area contributed by atoms with Crippen LogP contribution in [-0.2, 0) is 6.42 Å². The minimum Gasteiger partial charge on any atom is -0.330 e. The Morgan fingerprint density at radius 2 is 2.06 bits per heavy atom. The molecule has 3 nitrogen and oxygen atoms in total. The van der Waals surface area contributed by atoms with Crippen LogP contribution in [0.2, 0.25) is 0 Å². The van der Waals surface area contributed by atoms with E-state index in [1.165, 1.54) is 12.1 Å². The average molecular weight is 245 g/mol. The Kier molecular flexibility index (Phi) is 2.67. The second-order valence-electron chi connectivity index (χ2n) is 4.90. The molecular weight excluding hydrogens is 229 g/mol. The maximum Gasteiger partial charge on any atom is 0.123 e. The van der Waals surface area contributed by atoms with Gasteiger partial charge in [-0.1, -0.05) is 0 Å². The van der Waals surface area contributed by atoms with Gasteiger partial charge in [-0.15, -0.1) is 0 Å². The quantitative estimate of drug-likeness (QED) is 0.839. The number of hydrogen-bond donors (Lipinski definition) is 1. The lowest BCUT2D eigenvalue weighted by atomic mass is 10.0. The van der Waals surface area contributed by atoms with Crippen molar-refractivity contribution in [3.05, 3.63) is 42.1 Å². The first-order valence-corrected chi connectivity index (χ1v) is 6.24. The molecule has 0 aliphatic carbocycles. The van der Waals surface area contributed by atoms with Crippen LogP contribution in [0.3, 0.4) is 0 Å². The second-order valence-corrected chi connectivity index (χ2v) is 4.90. The van der Waals surface area contributed by atoms with E-state index < -0.39 is 0 Å².